The highest BCUT2D eigenvalue weighted by Crippen LogP contribution is 2.27. The van der Waals surface area contributed by atoms with Crippen molar-refractivity contribution in [2.45, 2.75) is 24.9 Å². The average molecular weight is 365 g/mol. The number of rotatable bonds is 5. The maximum absolute atomic E-state index is 12.4. The first-order valence-electron chi connectivity index (χ1n) is 9.40. The number of pyridine rings is 1. The van der Waals surface area contributed by atoms with Gasteiger partial charge in [0, 0.05) is 24.4 Å². The zero-order chi connectivity index (χ0) is 18.8. The Morgan fingerprint density at radius 1 is 0.963 bits per heavy atom. The lowest BCUT2D eigenvalue weighted by atomic mass is 9.93. The van der Waals surface area contributed by atoms with Gasteiger partial charge < -0.3 is 10.0 Å². The lowest BCUT2D eigenvalue weighted by Gasteiger charge is -2.33. The second-order valence-corrected chi connectivity index (χ2v) is 7.25. The minimum absolute atomic E-state index is 0.0342. The molecule has 6 nitrogen and oxygen atoms in total. The lowest BCUT2D eigenvalue weighted by molar-refractivity contribution is 0.0449. The minimum atomic E-state index is -0.751. The number of likely N-dealkylation sites (tertiary alicyclic amines) is 1. The monoisotopic (exact) mass is 365 g/mol. The fourth-order valence-corrected chi connectivity index (χ4v) is 4.00. The van der Waals surface area contributed by atoms with Crippen molar-refractivity contribution >= 4 is 11.8 Å². The third-order valence-corrected chi connectivity index (χ3v) is 5.43. The van der Waals surface area contributed by atoms with Crippen LogP contribution in [-0.2, 0) is 0 Å². The molecule has 1 saturated heterocycles. The summed E-state index contributed by atoms with van der Waals surface area (Å²) >= 11 is 0. The van der Waals surface area contributed by atoms with Crippen molar-refractivity contribution in [3.63, 3.8) is 0 Å². The molecule has 140 valence electrons. The number of hydrogen-bond donors (Lipinski definition) is 1. The molecule has 1 atom stereocenters. The van der Waals surface area contributed by atoms with Gasteiger partial charge in [-0.1, -0.05) is 18.2 Å². The molecule has 0 aliphatic carbocycles. The molecule has 0 saturated carbocycles. The van der Waals surface area contributed by atoms with E-state index in [9.17, 15) is 14.7 Å². The molecule has 0 spiro atoms. The second-order valence-electron chi connectivity index (χ2n) is 7.25. The number of benzene rings is 1. The lowest BCUT2D eigenvalue weighted by Crippen LogP contribution is -2.44. The molecule has 2 amide bonds. The van der Waals surface area contributed by atoms with Gasteiger partial charge in [0.15, 0.2) is 0 Å². The van der Waals surface area contributed by atoms with Crippen LogP contribution < -0.4 is 0 Å². The Balaban J connectivity index is 1.30. The summed E-state index contributed by atoms with van der Waals surface area (Å²) in [5.74, 6) is -0.178. The minimum Gasteiger partial charge on any atom is -0.390 e. The first-order valence-corrected chi connectivity index (χ1v) is 9.40. The largest absolute Gasteiger partial charge is 0.390 e. The molecule has 27 heavy (non-hydrogen) atoms. The summed E-state index contributed by atoms with van der Waals surface area (Å²) in [5, 5.41) is 10.5. The Bertz CT molecular complexity index is 797. The van der Waals surface area contributed by atoms with Crippen molar-refractivity contribution < 1.29 is 14.7 Å². The number of β-amino-alcohol motifs (C(OH)–C–C–N with tert-alkyl or cyclic N) is 1. The number of piperidine rings is 1. The number of fused-ring (bicyclic) bond motifs is 1. The molecular weight excluding hydrogens is 342 g/mol. The molecule has 3 heterocycles. The first kappa shape index (κ1) is 17.8. The number of carbonyl (C=O) groups is 2. The van der Waals surface area contributed by atoms with Crippen LogP contribution in [0.1, 0.15) is 45.2 Å². The molecule has 2 aromatic rings. The van der Waals surface area contributed by atoms with Gasteiger partial charge >= 0.3 is 0 Å². The van der Waals surface area contributed by atoms with E-state index in [1.165, 1.54) is 0 Å². The zero-order valence-corrected chi connectivity index (χ0v) is 15.1. The highest BCUT2D eigenvalue weighted by molar-refractivity contribution is 6.21. The summed E-state index contributed by atoms with van der Waals surface area (Å²) in [7, 11) is 0. The van der Waals surface area contributed by atoms with Gasteiger partial charge in [-0.2, -0.15) is 0 Å². The van der Waals surface area contributed by atoms with Crippen LogP contribution in [0.15, 0.2) is 48.7 Å². The van der Waals surface area contributed by atoms with E-state index in [-0.39, 0.29) is 18.4 Å². The second kappa shape index (κ2) is 7.58. The Morgan fingerprint density at radius 3 is 2.19 bits per heavy atom. The van der Waals surface area contributed by atoms with Crippen LogP contribution in [0.3, 0.4) is 0 Å². The summed E-state index contributed by atoms with van der Waals surface area (Å²) in [5.41, 5.74) is 1.97. The van der Waals surface area contributed by atoms with Crippen molar-refractivity contribution in [1.82, 2.24) is 14.8 Å². The predicted octanol–water partition coefficient (Wildman–Crippen LogP) is 1.92. The molecule has 1 aromatic heterocycles. The third kappa shape index (κ3) is 3.63. The summed E-state index contributed by atoms with van der Waals surface area (Å²) < 4.78 is 0. The van der Waals surface area contributed by atoms with E-state index >= 15 is 0 Å². The number of amides is 2. The summed E-state index contributed by atoms with van der Waals surface area (Å²) in [6, 6.07) is 12.8. The third-order valence-electron chi connectivity index (χ3n) is 5.43. The van der Waals surface area contributed by atoms with E-state index in [4.69, 9.17) is 0 Å². The van der Waals surface area contributed by atoms with Crippen molar-refractivity contribution in [1.29, 1.82) is 0 Å². The number of aromatic nitrogens is 1. The van der Waals surface area contributed by atoms with Gasteiger partial charge in [0.25, 0.3) is 11.8 Å². The van der Waals surface area contributed by atoms with Crippen LogP contribution in [0.2, 0.25) is 0 Å². The molecular formula is C21H23N3O3. The standard InChI is InChI=1S/C21H23N3O3/c25-16(14-24-20(26)17-5-1-2-6-18(17)21(24)27)13-23-11-8-15(9-12-23)19-7-3-4-10-22-19/h1-7,10,15-16,25H,8-9,11-14H2. The van der Waals surface area contributed by atoms with Crippen LogP contribution >= 0.6 is 0 Å². The smallest absolute Gasteiger partial charge is 0.261 e. The Hall–Kier alpha value is -2.57. The normalized spacial score (nSPS) is 19.4. The van der Waals surface area contributed by atoms with Crippen molar-refractivity contribution in [2.24, 2.45) is 0 Å². The Morgan fingerprint density at radius 2 is 1.59 bits per heavy atom. The van der Waals surface area contributed by atoms with E-state index in [2.05, 4.69) is 16.0 Å². The quantitative estimate of drug-likeness (QED) is 0.820. The van der Waals surface area contributed by atoms with Gasteiger partial charge in [-0.05, 0) is 50.2 Å². The predicted molar refractivity (Wildman–Crippen MR) is 100 cm³/mol. The van der Waals surface area contributed by atoms with E-state index in [0.717, 1.165) is 36.5 Å². The van der Waals surface area contributed by atoms with Crippen LogP contribution in [0.4, 0.5) is 0 Å². The average Bonchev–Trinajstić information content (AvgIpc) is 2.94. The van der Waals surface area contributed by atoms with Crippen molar-refractivity contribution in [3.8, 4) is 0 Å². The molecule has 0 radical (unpaired) electrons. The molecule has 1 fully saturated rings. The zero-order valence-electron chi connectivity index (χ0n) is 15.1. The van der Waals surface area contributed by atoms with E-state index in [1.807, 2.05) is 18.3 Å². The van der Waals surface area contributed by atoms with Gasteiger partial charge in [0.1, 0.15) is 0 Å². The SMILES string of the molecule is O=C1c2ccccc2C(=O)N1CC(O)CN1CCC(c2ccccn2)CC1. The number of aliphatic hydroxyl groups excluding tert-OH is 1. The maximum atomic E-state index is 12.4. The topological polar surface area (TPSA) is 73.7 Å². The molecule has 6 heteroatoms. The fraction of sp³-hybridized carbons (Fsp3) is 0.381. The summed E-state index contributed by atoms with van der Waals surface area (Å²) in [6.07, 6.45) is 3.07. The van der Waals surface area contributed by atoms with Crippen LogP contribution in [0.5, 0.6) is 0 Å². The molecule has 1 unspecified atom stereocenters. The molecule has 1 N–H and O–H groups in total. The van der Waals surface area contributed by atoms with Gasteiger partial charge in [0.05, 0.1) is 23.8 Å². The number of hydrogen-bond acceptors (Lipinski definition) is 5. The number of imide groups is 1. The molecule has 0 bridgehead atoms. The Labute approximate surface area is 158 Å². The summed E-state index contributed by atoms with van der Waals surface area (Å²) in [6.45, 7) is 2.25. The number of aliphatic hydroxyl groups is 1. The van der Waals surface area contributed by atoms with Crippen LogP contribution in [0.25, 0.3) is 0 Å². The molecule has 4 rings (SSSR count). The Kier molecular flexibility index (Phi) is 5.01. The van der Waals surface area contributed by atoms with Gasteiger partial charge in [-0.15, -0.1) is 0 Å². The van der Waals surface area contributed by atoms with Gasteiger partial charge in [0.2, 0.25) is 0 Å². The molecule has 2 aliphatic heterocycles. The van der Waals surface area contributed by atoms with E-state index < -0.39 is 6.10 Å². The van der Waals surface area contributed by atoms with Gasteiger partial charge in [-0.3, -0.25) is 19.5 Å². The van der Waals surface area contributed by atoms with E-state index in [1.54, 1.807) is 24.3 Å². The maximum Gasteiger partial charge on any atom is 0.261 e. The highest BCUT2D eigenvalue weighted by Gasteiger charge is 2.36. The van der Waals surface area contributed by atoms with Crippen LogP contribution in [-0.4, -0.2) is 64.0 Å². The van der Waals surface area contributed by atoms with Crippen molar-refractivity contribution in [3.05, 3.63) is 65.5 Å². The van der Waals surface area contributed by atoms with Crippen LogP contribution in [0, 0.1) is 0 Å². The molecule has 1 aromatic carbocycles. The number of carbonyl (C=O) groups excluding carboxylic acids is 2. The summed E-state index contributed by atoms with van der Waals surface area (Å²) in [4.78, 5) is 32.6. The number of nitrogens with zero attached hydrogens (tertiary/aromatic N) is 3. The van der Waals surface area contributed by atoms with Crippen molar-refractivity contribution in [2.75, 3.05) is 26.2 Å². The highest BCUT2D eigenvalue weighted by atomic mass is 16.3. The van der Waals surface area contributed by atoms with E-state index in [0.29, 0.717) is 23.6 Å². The fourth-order valence-electron chi connectivity index (χ4n) is 4.00. The molecule has 2 aliphatic rings. The first-order chi connectivity index (χ1) is 13.1. The van der Waals surface area contributed by atoms with Gasteiger partial charge in [-0.25, -0.2) is 0 Å².